The van der Waals surface area contributed by atoms with Crippen LogP contribution in [0.5, 0.6) is 5.75 Å². The number of hydrogen-bond donors (Lipinski definition) is 2. The van der Waals surface area contributed by atoms with Crippen molar-refractivity contribution >= 4 is 5.91 Å². The highest BCUT2D eigenvalue weighted by atomic mass is 19.1. The van der Waals surface area contributed by atoms with Crippen molar-refractivity contribution in [1.29, 1.82) is 0 Å². The van der Waals surface area contributed by atoms with E-state index in [9.17, 15) is 14.3 Å². The molecule has 1 atom stereocenters. The van der Waals surface area contributed by atoms with Crippen LogP contribution in [0.2, 0.25) is 0 Å². The molecule has 4 rings (SSSR count). The van der Waals surface area contributed by atoms with Crippen LogP contribution in [-0.4, -0.2) is 23.7 Å². The molecule has 5 heteroatoms. The van der Waals surface area contributed by atoms with Crippen molar-refractivity contribution in [3.05, 3.63) is 65.0 Å². The van der Waals surface area contributed by atoms with Crippen LogP contribution in [0, 0.1) is 11.7 Å². The zero-order valence-electron chi connectivity index (χ0n) is 14.5. The van der Waals surface area contributed by atoms with Gasteiger partial charge in [-0.2, -0.15) is 0 Å². The highest BCUT2D eigenvalue weighted by Gasteiger charge is 2.36. The van der Waals surface area contributed by atoms with E-state index in [4.69, 9.17) is 4.74 Å². The molecule has 0 saturated heterocycles. The quantitative estimate of drug-likeness (QED) is 0.867. The van der Waals surface area contributed by atoms with E-state index in [2.05, 4.69) is 11.4 Å². The number of ether oxygens (including phenoxy) is 1. The number of amides is 1. The van der Waals surface area contributed by atoms with Gasteiger partial charge in [0.05, 0.1) is 25.2 Å². The smallest absolute Gasteiger partial charge is 0.224 e. The van der Waals surface area contributed by atoms with Crippen LogP contribution in [0.15, 0.2) is 42.5 Å². The molecule has 1 fully saturated rings. The van der Waals surface area contributed by atoms with E-state index < -0.39 is 0 Å². The number of aliphatic hydroxyl groups excluding tert-OH is 1. The summed E-state index contributed by atoms with van der Waals surface area (Å²) in [6.07, 6.45) is 2.19. The van der Waals surface area contributed by atoms with Gasteiger partial charge in [-0.1, -0.05) is 18.2 Å². The molecule has 2 aromatic carbocycles. The molecule has 0 radical (unpaired) electrons. The van der Waals surface area contributed by atoms with Gasteiger partial charge in [-0.3, -0.25) is 4.79 Å². The first-order valence-corrected chi connectivity index (χ1v) is 9.06. The molecule has 4 nitrogen and oxygen atoms in total. The molecule has 136 valence electrons. The monoisotopic (exact) mass is 355 g/mol. The molecule has 1 aliphatic heterocycles. The lowest BCUT2D eigenvalue weighted by Crippen LogP contribution is -2.41. The van der Waals surface area contributed by atoms with E-state index in [-0.39, 0.29) is 36.2 Å². The first kappa shape index (κ1) is 17.0. The summed E-state index contributed by atoms with van der Waals surface area (Å²) >= 11 is 0. The normalized spacial score (nSPS) is 22.1. The Hall–Kier alpha value is -2.40. The number of carbonyl (C=O) groups is 1. The van der Waals surface area contributed by atoms with E-state index >= 15 is 0 Å². The third kappa shape index (κ3) is 3.58. The van der Waals surface area contributed by atoms with Gasteiger partial charge in [-0.05, 0) is 59.7 Å². The van der Waals surface area contributed by atoms with Crippen LogP contribution >= 0.6 is 0 Å². The minimum Gasteiger partial charge on any atom is -0.493 e. The average molecular weight is 355 g/mol. The standard InChI is InChI=1S/C21H22FNO3/c22-17-4-1-13(2-5-17)9-20(25)23-21(16-11-18(24)12-16)15-3-6-19-14(10-15)7-8-26-19/h1-6,10,16,18,21,24H,7-9,11-12H2,(H,23,25)/t16?,18?,21-/m0/s1. The van der Waals surface area contributed by atoms with E-state index in [1.165, 1.54) is 17.7 Å². The van der Waals surface area contributed by atoms with E-state index in [1.807, 2.05) is 12.1 Å². The first-order chi connectivity index (χ1) is 12.6. The van der Waals surface area contributed by atoms with Crippen LogP contribution in [0.3, 0.4) is 0 Å². The third-order valence-corrected chi connectivity index (χ3v) is 5.29. The van der Waals surface area contributed by atoms with Gasteiger partial charge in [0.1, 0.15) is 11.6 Å². The maximum Gasteiger partial charge on any atom is 0.224 e. The average Bonchev–Trinajstić information content (AvgIpc) is 3.07. The van der Waals surface area contributed by atoms with Crippen molar-refractivity contribution in [2.24, 2.45) is 5.92 Å². The molecule has 0 aromatic heterocycles. The fraction of sp³-hybridized carbons (Fsp3) is 0.381. The molecule has 1 amide bonds. The summed E-state index contributed by atoms with van der Waals surface area (Å²) in [6, 6.07) is 11.9. The highest BCUT2D eigenvalue weighted by molar-refractivity contribution is 5.79. The molecular formula is C21H22FNO3. The molecule has 0 bridgehead atoms. The molecule has 0 unspecified atom stereocenters. The van der Waals surface area contributed by atoms with Crippen molar-refractivity contribution in [2.45, 2.75) is 37.8 Å². The second kappa shape index (κ2) is 7.08. The molecule has 1 aliphatic carbocycles. The molecular weight excluding hydrogens is 333 g/mol. The molecule has 2 aromatic rings. The van der Waals surface area contributed by atoms with Crippen molar-refractivity contribution in [1.82, 2.24) is 5.32 Å². The number of fused-ring (bicyclic) bond motifs is 1. The summed E-state index contributed by atoms with van der Waals surface area (Å²) in [5.41, 5.74) is 3.00. The Morgan fingerprint density at radius 3 is 2.73 bits per heavy atom. The second-order valence-electron chi connectivity index (χ2n) is 7.20. The highest BCUT2D eigenvalue weighted by Crippen LogP contribution is 2.39. The maximum atomic E-state index is 13.0. The van der Waals surface area contributed by atoms with E-state index in [0.29, 0.717) is 19.4 Å². The number of aliphatic hydroxyl groups is 1. The van der Waals surface area contributed by atoms with Crippen molar-refractivity contribution in [3.63, 3.8) is 0 Å². The van der Waals surface area contributed by atoms with Gasteiger partial charge < -0.3 is 15.2 Å². The van der Waals surface area contributed by atoms with Gasteiger partial charge in [0, 0.05) is 6.42 Å². The summed E-state index contributed by atoms with van der Waals surface area (Å²) in [6.45, 7) is 0.697. The topological polar surface area (TPSA) is 58.6 Å². The molecule has 26 heavy (non-hydrogen) atoms. The Morgan fingerprint density at radius 2 is 2.00 bits per heavy atom. The fourth-order valence-corrected chi connectivity index (χ4v) is 3.79. The molecule has 2 N–H and O–H groups in total. The van der Waals surface area contributed by atoms with E-state index in [0.717, 1.165) is 23.3 Å². The minimum atomic E-state index is -0.309. The Bertz CT molecular complexity index is 799. The van der Waals surface area contributed by atoms with Crippen LogP contribution in [0.25, 0.3) is 0 Å². The summed E-state index contributed by atoms with van der Waals surface area (Å²) in [7, 11) is 0. The minimum absolute atomic E-state index is 0.0975. The number of nitrogens with one attached hydrogen (secondary N) is 1. The number of hydrogen-bond acceptors (Lipinski definition) is 3. The van der Waals surface area contributed by atoms with Crippen LogP contribution in [0.1, 0.15) is 35.6 Å². The lowest BCUT2D eigenvalue weighted by atomic mass is 9.74. The number of rotatable bonds is 5. The van der Waals surface area contributed by atoms with Gasteiger partial charge >= 0.3 is 0 Å². The third-order valence-electron chi connectivity index (χ3n) is 5.29. The summed E-state index contributed by atoms with van der Waals surface area (Å²) in [4.78, 5) is 12.5. The number of carbonyl (C=O) groups excluding carboxylic acids is 1. The summed E-state index contributed by atoms with van der Waals surface area (Å²) in [5.74, 6) is 0.733. The zero-order chi connectivity index (χ0) is 18.1. The summed E-state index contributed by atoms with van der Waals surface area (Å²) < 4.78 is 18.6. The van der Waals surface area contributed by atoms with Crippen LogP contribution in [-0.2, 0) is 17.6 Å². The predicted octanol–water partition coefficient (Wildman–Crippen LogP) is 2.93. The number of halogens is 1. The van der Waals surface area contributed by atoms with E-state index in [1.54, 1.807) is 12.1 Å². The predicted molar refractivity (Wildman–Crippen MR) is 95.4 cm³/mol. The van der Waals surface area contributed by atoms with Crippen LogP contribution in [0.4, 0.5) is 4.39 Å². The molecule has 0 spiro atoms. The molecule has 1 saturated carbocycles. The van der Waals surface area contributed by atoms with Gasteiger partial charge in [-0.25, -0.2) is 4.39 Å². The largest absolute Gasteiger partial charge is 0.493 e. The number of benzene rings is 2. The Labute approximate surface area is 152 Å². The van der Waals surface area contributed by atoms with Gasteiger partial charge in [0.25, 0.3) is 0 Å². The second-order valence-corrected chi connectivity index (χ2v) is 7.20. The van der Waals surface area contributed by atoms with Gasteiger partial charge in [0.2, 0.25) is 5.91 Å². The maximum absolute atomic E-state index is 13.0. The zero-order valence-corrected chi connectivity index (χ0v) is 14.5. The van der Waals surface area contributed by atoms with Crippen LogP contribution < -0.4 is 10.1 Å². The van der Waals surface area contributed by atoms with Crippen molar-refractivity contribution in [2.75, 3.05) is 6.61 Å². The lowest BCUT2D eigenvalue weighted by Gasteiger charge is -2.38. The molecule has 2 aliphatic rings. The SMILES string of the molecule is O=C(Cc1ccc(F)cc1)N[C@@H](c1ccc2c(c1)CCO2)C1CC(O)C1. The Kier molecular flexibility index (Phi) is 4.64. The first-order valence-electron chi connectivity index (χ1n) is 9.06. The summed E-state index contributed by atoms with van der Waals surface area (Å²) in [5, 5.41) is 12.8. The fourth-order valence-electron chi connectivity index (χ4n) is 3.79. The van der Waals surface area contributed by atoms with Crippen molar-refractivity contribution < 1.29 is 19.0 Å². The Balaban J connectivity index is 1.50. The Morgan fingerprint density at radius 1 is 1.23 bits per heavy atom. The van der Waals surface area contributed by atoms with Crippen molar-refractivity contribution in [3.8, 4) is 5.75 Å². The van der Waals surface area contributed by atoms with Gasteiger partial charge in [-0.15, -0.1) is 0 Å². The van der Waals surface area contributed by atoms with Gasteiger partial charge in [0.15, 0.2) is 0 Å². The molecule has 1 heterocycles. The lowest BCUT2D eigenvalue weighted by molar-refractivity contribution is -0.122.